The van der Waals surface area contributed by atoms with E-state index >= 15 is 0 Å². The number of aromatic nitrogens is 1. The lowest BCUT2D eigenvalue weighted by Crippen LogP contribution is -2.42. The smallest absolute Gasteiger partial charge is 0.253 e. The van der Waals surface area contributed by atoms with Crippen molar-refractivity contribution in [1.29, 1.82) is 0 Å². The zero-order valence-corrected chi connectivity index (χ0v) is 11.8. The van der Waals surface area contributed by atoms with Crippen molar-refractivity contribution in [2.45, 2.75) is 12.1 Å². The number of aliphatic hydroxyl groups excluding tert-OH is 1. The summed E-state index contributed by atoms with van der Waals surface area (Å²) in [4.78, 5) is 16.3. The first-order chi connectivity index (χ1) is 10.6. The van der Waals surface area contributed by atoms with Crippen molar-refractivity contribution in [3.8, 4) is 11.3 Å². The molecule has 0 saturated carbocycles. The maximum Gasteiger partial charge on any atom is 0.253 e. The number of benzene rings is 1. The highest BCUT2D eigenvalue weighted by atomic mass is 19.1. The monoisotopic (exact) mass is 301 g/mol. The Morgan fingerprint density at radius 2 is 2.18 bits per heavy atom. The van der Waals surface area contributed by atoms with E-state index in [-0.39, 0.29) is 17.8 Å². The Morgan fingerprint density at radius 1 is 1.32 bits per heavy atom. The van der Waals surface area contributed by atoms with Crippen LogP contribution in [0.1, 0.15) is 10.4 Å². The molecule has 2 aromatic rings. The second-order valence-electron chi connectivity index (χ2n) is 5.25. The maximum atomic E-state index is 13.2. The lowest BCUT2D eigenvalue weighted by Gasteiger charge is -2.15. The number of pyridine rings is 1. The second kappa shape index (κ2) is 6.21. The number of carbonyl (C=O) groups excluding carboxylic acids is 1. The number of rotatable bonds is 3. The molecular formula is C16H16FN3O2. The summed E-state index contributed by atoms with van der Waals surface area (Å²) in [6.45, 7) is 1.02. The lowest BCUT2D eigenvalue weighted by molar-refractivity contribution is 0.0888. The van der Waals surface area contributed by atoms with Crippen LogP contribution in [-0.4, -0.2) is 41.2 Å². The van der Waals surface area contributed by atoms with Crippen LogP contribution < -0.4 is 10.6 Å². The summed E-state index contributed by atoms with van der Waals surface area (Å²) in [5.74, 6) is -0.616. The first-order valence-corrected chi connectivity index (χ1v) is 7.05. The molecule has 3 rings (SSSR count). The Labute approximate surface area is 127 Å². The highest BCUT2D eigenvalue weighted by Gasteiger charge is 2.26. The van der Waals surface area contributed by atoms with Gasteiger partial charge in [0, 0.05) is 24.8 Å². The van der Waals surface area contributed by atoms with Gasteiger partial charge in [0.05, 0.1) is 23.4 Å². The van der Waals surface area contributed by atoms with Crippen LogP contribution in [0.4, 0.5) is 4.39 Å². The van der Waals surface area contributed by atoms with E-state index in [9.17, 15) is 14.3 Å². The van der Waals surface area contributed by atoms with E-state index < -0.39 is 6.10 Å². The molecule has 1 aliphatic heterocycles. The molecule has 1 fully saturated rings. The van der Waals surface area contributed by atoms with Crippen molar-refractivity contribution in [2.75, 3.05) is 13.1 Å². The average Bonchev–Trinajstić information content (AvgIpc) is 2.92. The summed E-state index contributed by atoms with van der Waals surface area (Å²) in [5.41, 5.74) is 1.65. The molecular weight excluding hydrogens is 285 g/mol. The van der Waals surface area contributed by atoms with Crippen LogP contribution in [0.3, 0.4) is 0 Å². The minimum Gasteiger partial charge on any atom is -0.390 e. The molecule has 6 heteroatoms. The molecule has 1 amide bonds. The molecule has 1 aromatic heterocycles. The normalized spacial score (nSPS) is 20.8. The number of hydrogen-bond acceptors (Lipinski definition) is 4. The number of amides is 1. The number of aliphatic hydroxyl groups is 1. The van der Waals surface area contributed by atoms with Gasteiger partial charge in [0.1, 0.15) is 5.82 Å². The molecule has 0 aliphatic carbocycles. The lowest BCUT2D eigenvalue weighted by atomic mass is 10.1. The number of nitrogens with zero attached hydrogens (tertiary/aromatic N) is 1. The molecule has 1 saturated heterocycles. The number of nitrogens with one attached hydrogen (secondary N) is 2. The summed E-state index contributed by atoms with van der Waals surface area (Å²) >= 11 is 0. The molecule has 0 radical (unpaired) electrons. The quantitative estimate of drug-likeness (QED) is 0.789. The number of hydrogen-bond donors (Lipinski definition) is 3. The van der Waals surface area contributed by atoms with Crippen molar-refractivity contribution >= 4 is 5.91 Å². The molecule has 0 unspecified atom stereocenters. The van der Waals surface area contributed by atoms with E-state index in [1.807, 2.05) is 0 Å². The molecule has 5 nitrogen and oxygen atoms in total. The Morgan fingerprint density at radius 3 is 2.82 bits per heavy atom. The van der Waals surface area contributed by atoms with Crippen LogP contribution in [0.15, 0.2) is 42.6 Å². The predicted octanol–water partition coefficient (Wildman–Crippen LogP) is 0.950. The van der Waals surface area contributed by atoms with Gasteiger partial charge in [0.25, 0.3) is 5.91 Å². The van der Waals surface area contributed by atoms with Crippen LogP contribution in [0.25, 0.3) is 11.3 Å². The third-order valence-electron chi connectivity index (χ3n) is 3.64. The molecule has 114 valence electrons. The minimum absolute atomic E-state index is 0.286. The summed E-state index contributed by atoms with van der Waals surface area (Å²) < 4.78 is 13.2. The SMILES string of the molecule is O=C(N[C@H]1CNC[C@@H]1O)c1ccc(-c2cccc(F)c2)nc1. The van der Waals surface area contributed by atoms with E-state index in [0.717, 1.165) is 0 Å². The van der Waals surface area contributed by atoms with E-state index in [1.165, 1.54) is 18.3 Å². The third kappa shape index (κ3) is 3.13. The largest absolute Gasteiger partial charge is 0.390 e. The van der Waals surface area contributed by atoms with E-state index in [1.54, 1.807) is 24.3 Å². The van der Waals surface area contributed by atoms with Crippen LogP contribution in [0, 0.1) is 5.82 Å². The minimum atomic E-state index is -0.580. The van der Waals surface area contributed by atoms with Gasteiger partial charge in [-0.25, -0.2) is 4.39 Å². The number of carbonyl (C=O) groups is 1. The van der Waals surface area contributed by atoms with Crippen LogP contribution in [-0.2, 0) is 0 Å². The van der Waals surface area contributed by atoms with Gasteiger partial charge in [0.2, 0.25) is 0 Å². The number of β-amino-alcohol motifs (C(OH)–C–C–N with tert-alkyl or cyclic N) is 1. The Bertz CT molecular complexity index is 675. The highest BCUT2D eigenvalue weighted by Crippen LogP contribution is 2.18. The van der Waals surface area contributed by atoms with Gasteiger partial charge in [0.15, 0.2) is 0 Å². The molecule has 0 bridgehead atoms. The predicted molar refractivity (Wildman–Crippen MR) is 79.8 cm³/mol. The summed E-state index contributed by atoms with van der Waals surface area (Å²) in [6, 6.07) is 9.14. The zero-order valence-electron chi connectivity index (χ0n) is 11.8. The standard InChI is InChI=1S/C16H16FN3O2/c17-12-3-1-2-10(6-12)13-5-4-11(7-19-13)16(22)20-14-8-18-9-15(14)21/h1-7,14-15,18,21H,8-9H2,(H,20,22)/t14-,15-/m0/s1. The van der Waals surface area contributed by atoms with Crippen molar-refractivity contribution in [3.63, 3.8) is 0 Å². The van der Waals surface area contributed by atoms with E-state index in [0.29, 0.717) is 29.9 Å². The summed E-state index contributed by atoms with van der Waals surface area (Å²) in [6.07, 6.45) is 0.869. The van der Waals surface area contributed by atoms with Gasteiger partial charge in [-0.15, -0.1) is 0 Å². The Kier molecular flexibility index (Phi) is 4.13. The van der Waals surface area contributed by atoms with Gasteiger partial charge in [-0.05, 0) is 24.3 Å². The van der Waals surface area contributed by atoms with Gasteiger partial charge < -0.3 is 15.7 Å². The van der Waals surface area contributed by atoms with Gasteiger partial charge in [-0.1, -0.05) is 12.1 Å². The van der Waals surface area contributed by atoms with Crippen molar-refractivity contribution in [1.82, 2.24) is 15.6 Å². The van der Waals surface area contributed by atoms with Gasteiger partial charge in [-0.2, -0.15) is 0 Å². The second-order valence-corrected chi connectivity index (χ2v) is 5.25. The van der Waals surface area contributed by atoms with Crippen molar-refractivity contribution in [2.24, 2.45) is 0 Å². The highest BCUT2D eigenvalue weighted by molar-refractivity contribution is 5.94. The van der Waals surface area contributed by atoms with E-state index in [4.69, 9.17) is 0 Å². The maximum absolute atomic E-state index is 13.2. The fourth-order valence-corrected chi connectivity index (χ4v) is 2.41. The van der Waals surface area contributed by atoms with Crippen LogP contribution in [0.2, 0.25) is 0 Å². The molecule has 3 N–H and O–H groups in total. The first kappa shape index (κ1) is 14.6. The van der Waals surface area contributed by atoms with Crippen molar-refractivity contribution in [3.05, 3.63) is 54.0 Å². The number of halogens is 1. The van der Waals surface area contributed by atoms with Crippen LogP contribution in [0.5, 0.6) is 0 Å². The first-order valence-electron chi connectivity index (χ1n) is 7.05. The topological polar surface area (TPSA) is 74.2 Å². The Balaban J connectivity index is 1.72. The molecule has 22 heavy (non-hydrogen) atoms. The molecule has 2 heterocycles. The molecule has 2 atom stereocenters. The fraction of sp³-hybridized carbons (Fsp3) is 0.250. The Hall–Kier alpha value is -2.31. The summed E-state index contributed by atoms with van der Waals surface area (Å²) in [5, 5.41) is 15.4. The van der Waals surface area contributed by atoms with Gasteiger partial charge in [-0.3, -0.25) is 9.78 Å². The molecule has 1 aliphatic rings. The zero-order chi connectivity index (χ0) is 15.5. The van der Waals surface area contributed by atoms with Crippen molar-refractivity contribution < 1.29 is 14.3 Å². The van der Waals surface area contributed by atoms with E-state index in [2.05, 4.69) is 15.6 Å². The fourth-order valence-electron chi connectivity index (χ4n) is 2.41. The molecule has 0 spiro atoms. The van der Waals surface area contributed by atoms with Crippen LogP contribution >= 0.6 is 0 Å². The molecule has 1 aromatic carbocycles. The summed E-state index contributed by atoms with van der Waals surface area (Å²) in [7, 11) is 0. The van der Waals surface area contributed by atoms with Gasteiger partial charge >= 0.3 is 0 Å². The third-order valence-corrected chi connectivity index (χ3v) is 3.64. The average molecular weight is 301 g/mol.